The van der Waals surface area contributed by atoms with Crippen LogP contribution in [0.2, 0.25) is 0 Å². The van der Waals surface area contributed by atoms with Crippen LogP contribution in [0.4, 0.5) is 0 Å². The van der Waals surface area contributed by atoms with Crippen LogP contribution in [-0.4, -0.2) is 61.2 Å². The predicted octanol–water partition coefficient (Wildman–Crippen LogP) is 2.08. The Morgan fingerprint density at radius 3 is 2.47 bits per heavy atom. The number of ether oxygens (including phenoxy) is 1. The molecule has 2 heterocycles. The van der Waals surface area contributed by atoms with E-state index in [2.05, 4.69) is 28.0 Å². The summed E-state index contributed by atoms with van der Waals surface area (Å²) in [4.78, 5) is 45.6. The van der Waals surface area contributed by atoms with Crippen LogP contribution in [0.1, 0.15) is 66.3 Å². The highest BCUT2D eigenvalue weighted by molar-refractivity contribution is 6.12. The van der Waals surface area contributed by atoms with Gasteiger partial charge in [-0.3, -0.25) is 14.4 Å². The number of hydrogen-bond donors (Lipinski definition) is 3. The fourth-order valence-corrected chi connectivity index (χ4v) is 3.98. The molecule has 1 aliphatic carbocycles. The Balaban J connectivity index is 1.40. The number of hydroxylamine groups is 1. The molecule has 2 atom stereocenters. The molecule has 10 nitrogen and oxygen atoms in total. The molecule has 1 unspecified atom stereocenters. The third-order valence-corrected chi connectivity index (χ3v) is 6.79. The van der Waals surface area contributed by atoms with Crippen LogP contribution < -0.4 is 16.1 Å². The van der Waals surface area contributed by atoms with Gasteiger partial charge in [-0.25, -0.2) is 10.3 Å². The van der Waals surface area contributed by atoms with Crippen LogP contribution in [0.25, 0.3) is 0 Å². The molecular weight excluding hydrogens is 488 g/mol. The maximum absolute atomic E-state index is 13.3. The molecule has 0 spiro atoms. The van der Waals surface area contributed by atoms with Crippen LogP contribution in [0.5, 0.6) is 0 Å². The average Bonchev–Trinajstić information content (AvgIpc) is 3.68. The van der Waals surface area contributed by atoms with Crippen molar-refractivity contribution in [1.82, 2.24) is 21.0 Å². The number of amides is 3. The maximum Gasteiger partial charge on any atom is 0.279 e. The summed E-state index contributed by atoms with van der Waals surface area (Å²) in [6.07, 6.45) is 5.91. The fourth-order valence-electron chi connectivity index (χ4n) is 3.98. The van der Waals surface area contributed by atoms with Gasteiger partial charge >= 0.3 is 0 Å². The number of rotatable bonds is 9. The monoisotopic (exact) mass is 522 g/mol. The second kappa shape index (κ2) is 12.3. The molecule has 1 aromatic heterocycles. The largest absolute Gasteiger partial charge is 0.467 e. The lowest BCUT2D eigenvalue weighted by Gasteiger charge is -2.36. The van der Waals surface area contributed by atoms with Gasteiger partial charge in [0.05, 0.1) is 12.1 Å². The molecule has 10 heteroatoms. The summed E-state index contributed by atoms with van der Waals surface area (Å²) in [5, 5.41) is 5.86. The van der Waals surface area contributed by atoms with Crippen LogP contribution in [0.3, 0.4) is 0 Å². The van der Waals surface area contributed by atoms with Gasteiger partial charge in [-0.05, 0) is 62.9 Å². The molecule has 0 radical (unpaired) electrons. The molecule has 1 aromatic carbocycles. The van der Waals surface area contributed by atoms with Crippen LogP contribution in [-0.2, 0) is 25.7 Å². The highest BCUT2D eigenvalue weighted by Crippen LogP contribution is 2.21. The molecule has 38 heavy (non-hydrogen) atoms. The Labute approximate surface area is 222 Å². The Morgan fingerprint density at radius 1 is 1.08 bits per heavy atom. The van der Waals surface area contributed by atoms with E-state index < -0.39 is 29.6 Å². The average molecular weight is 523 g/mol. The minimum absolute atomic E-state index is 0.300. The zero-order valence-electron chi connectivity index (χ0n) is 22.0. The molecule has 2 aliphatic rings. The SMILES string of the molecule is CNC(=O)[C@@](C)(C(=O)NOC1CCCCO1)N(C)C(=O)c1ccc(C#Cc2coc(CNC3CC3)c2)cc1. The third-order valence-electron chi connectivity index (χ3n) is 6.79. The molecular formula is C28H34N4O6. The summed E-state index contributed by atoms with van der Waals surface area (Å²) >= 11 is 0. The van der Waals surface area contributed by atoms with Gasteiger partial charge < -0.3 is 24.7 Å². The third kappa shape index (κ3) is 6.61. The molecule has 202 valence electrons. The number of nitrogens with one attached hydrogen (secondary N) is 3. The van der Waals surface area contributed by atoms with E-state index in [0.29, 0.717) is 36.7 Å². The second-order valence-corrected chi connectivity index (χ2v) is 9.64. The van der Waals surface area contributed by atoms with E-state index in [0.717, 1.165) is 29.1 Å². The lowest BCUT2D eigenvalue weighted by molar-refractivity contribution is -0.204. The second-order valence-electron chi connectivity index (χ2n) is 9.64. The van der Waals surface area contributed by atoms with Crippen molar-refractivity contribution in [3.05, 3.63) is 59.0 Å². The Hall–Kier alpha value is -3.65. The molecule has 4 rings (SSSR count). The first-order chi connectivity index (χ1) is 18.3. The number of carbonyl (C=O) groups is 3. The van der Waals surface area contributed by atoms with Crippen molar-refractivity contribution in [3.8, 4) is 11.8 Å². The van der Waals surface area contributed by atoms with Crippen LogP contribution in [0, 0.1) is 11.8 Å². The van der Waals surface area contributed by atoms with E-state index in [1.807, 2.05) is 6.07 Å². The smallest absolute Gasteiger partial charge is 0.279 e. The summed E-state index contributed by atoms with van der Waals surface area (Å²) in [6, 6.07) is 9.15. The molecule has 1 saturated carbocycles. The summed E-state index contributed by atoms with van der Waals surface area (Å²) in [5.74, 6) is 5.01. The first-order valence-electron chi connectivity index (χ1n) is 12.8. The van der Waals surface area contributed by atoms with Gasteiger partial charge in [-0.2, -0.15) is 0 Å². The summed E-state index contributed by atoms with van der Waals surface area (Å²) < 4.78 is 11.0. The van der Waals surface area contributed by atoms with E-state index in [-0.39, 0.29) is 0 Å². The standard InChI is InChI=1S/C28H34N4O6/c1-28(26(34)29-2,27(35)31-38-24-6-4-5-15-36-24)32(3)25(33)21-11-9-19(10-12-21)7-8-20-16-23(37-18-20)17-30-22-13-14-22/h9-12,16,18,22,24,30H,4-6,13-15,17H2,1-3H3,(H,29,34)(H,31,35)/t24?,28-/m0/s1. The number of hydrogen-bond acceptors (Lipinski definition) is 7. The van der Waals surface area contributed by atoms with Crippen LogP contribution >= 0.6 is 0 Å². The predicted molar refractivity (Wildman–Crippen MR) is 138 cm³/mol. The van der Waals surface area contributed by atoms with Gasteiger partial charge in [0.2, 0.25) is 0 Å². The van der Waals surface area contributed by atoms with E-state index >= 15 is 0 Å². The van der Waals surface area contributed by atoms with Gasteiger partial charge in [-0.15, -0.1) is 0 Å². The highest BCUT2D eigenvalue weighted by Gasteiger charge is 2.47. The molecule has 2 fully saturated rings. The van der Waals surface area contributed by atoms with Gasteiger partial charge in [0.25, 0.3) is 17.7 Å². The Morgan fingerprint density at radius 2 is 1.82 bits per heavy atom. The summed E-state index contributed by atoms with van der Waals surface area (Å²) in [5.41, 5.74) is 2.21. The van der Waals surface area contributed by atoms with Gasteiger partial charge in [0, 0.05) is 44.3 Å². The molecule has 1 aliphatic heterocycles. The first-order valence-corrected chi connectivity index (χ1v) is 12.8. The molecule has 2 aromatic rings. The lowest BCUT2D eigenvalue weighted by Crippen LogP contribution is -2.65. The van der Waals surface area contributed by atoms with Gasteiger partial charge in [0.1, 0.15) is 12.0 Å². The van der Waals surface area contributed by atoms with Crippen molar-refractivity contribution in [3.63, 3.8) is 0 Å². The van der Waals surface area contributed by atoms with Crippen molar-refractivity contribution in [2.45, 2.75) is 63.4 Å². The molecule has 0 bridgehead atoms. The summed E-state index contributed by atoms with van der Waals surface area (Å²) in [7, 11) is 2.80. The normalized spacial score (nSPS) is 18.4. The van der Waals surface area contributed by atoms with E-state index in [9.17, 15) is 14.4 Å². The zero-order chi connectivity index (χ0) is 27.1. The number of furan rings is 1. The number of likely N-dealkylation sites (N-methyl/N-ethyl adjacent to an activating group) is 2. The molecule has 1 saturated heterocycles. The van der Waals surface area contributed by atoms with E-state index in [4.69, 9.17) is 14.0 Å². The van der Waals surface area contributed by atoms with E-state index in [1.165, 1.54) is 33.9 Å². The van der Waals surface area contributed by atoms with Crippen molar-refractivity contribution >= 4 is 17.7 Å². The summed E-state index contributed by atoms with van der Waals surface area (Å²) in [6.45, 7) is 2.58. The van der Waals surface area contributed by atoms with Crippen molar-refractivity contribution < 1.29 is 28.4 Å². The fraction of sp³-hybridized carbons (Fsp3) is 0.464. The maximum atomic E-state index is 13.3. The minimum Gasteiger partial charge on any atom is -0.467 e. The number of benzene rings is 1. The van der Waals surface area contributed by atoms with E-state index in [1.54, 1.807) is 30.5 Å². The quantitative estimate of drug-likeness (QED) is 0.262. The van der Waals surface area contributed by atoms with Gasteiger partial charge in [0.15, 0.2) is 11.8 Å². The van der Waals surface area contributed by atoms with Crippen molar-refractivity contribution in [2.24, 2.45) is 0 Å². The lowest BCUT2D eigenvalue weighted by atomic mass is 9.96. The Kier molecular flexibility index (Phi) is 8.84. The highest BCUT2D eigenvalue weighted by atomic mass is 16.8. The molecule has 3 amide bonds. The van der Waals surface area contributed by atoms with Crippen LogP contribution in [0.15, 0.2) is 41.0 Å². The number of carbonyl (C=O) groups excluding carboxylic acids is 3. The Bertz CT molecular complexity index is 1200. The molecule has 3 N–H and O–H groups in total. The first kappa shape index (κ1) is 27.4. The van der Waals surface area contributed by atoms with Crippen molar-refractivity contribution in [2.75, 3.05) is 20.7 Å². The topological polar surface area (TPSA) is 122 Å². The zero-order valence-corrected chi connectivity index (χ0v) is 22.0. The minimum atomic E-state index is -1.87. The number of nitrogens with zero attached hydrogens (tertiary/aromatic N) is 1. The van der Waals surface area contributed by atoms with Crippen molar-refractivity contribution in [1.29, 1.82) is 0 Å². The van der Waals surface area contributed by atoms with Gasteiger partial charge in [-0.1, -0.05) is 11.8 Å².